The van der Waals surface area contributed by atoms with E-state index < -0.39 is 0 Å². The zero-order valence-corrected chi connectivity index (χ0v) is 24.6. The fraction of sp³-hybridized carbons (Fsp3) is 0.794. The van der Waals surface area contributed by atoms with Crippen LogP contribution in [-0.2, 0) is 22.4 Å². The molecular formula is C34H50O5. The summed E-state index contributed by atoms with van der Waals surface area (Å²) in [7, 11) is 0. The summed E-state index contributed by atoms with van der Waals surface area (Å²) in [6, 6.07) is 6.20. The van der Waals surface area contributed by atoms with Gasteiger partial charge in [0.05, 0.1) is 12.2 Å². The lowest BCUT2D eigenvalue weighted by Crippen LogP contribution is -2.70. The molecule has 0 aromatic heterocycles. The molecule has 39 heavy (non-hydrogen) atoms. The van der Waals surface area contributed by atoms with Gasteiger partial charge in [0.25, 0.3) is 0 Å². The van der Waals surface area contributed by atoms with Crippen molar-refractivity contribution in [2.45, 2.75) is 123 Å². The molecule has 5 aliphatic carbocycles. The number of ether oxygens (including phenoxy) is 2. The van der Waals surface area contributed by atoms with Gasteiger partial charge in [0.1, 0.15) is 11.9 Å². The number of benzene rings is 1. The van der Waals surface area contributed by atoms with Crippen LogP contribution < -0.4 is 4.74 Å². The highest BCUT2D eigenvalue weighted by Gasteiger charge is 2.82. The molecular weight excluding hydrogens is 488 g/mol. The fourth-order valence-electron chi connectivity index (χ4n) is 10.5. The van der Waals surface area contributed by atoms with E-state index in [2.05, 4.69) is 33.8 Å². The molecule has 0 spiro atoms. The molecule has 4 saturated carbocycles. The van der Waals surface area contributed by atoms with Gasteiger partial charge in [0.2, 0.25) is 0 Å². The summed E-state index contributed by atoms with van der Waals surface area (Å²) in [4.78, 5) is 12.9. The molecule has 0 amide bonds. The van der Waals surface area contributed by atoms with Crippen LogP contribution in [0, 0.1) is 39.9 Å². The fourth-order valence-corrected chi connectivity index (χ4v) is 10.5. The number of fused-ring (bicyclic) bond motifs is 2. The second-order valence-electron chi connectivity index (χ2n) is 14.7. The summed E-state index contributed by atoms with van der Waals surface area (Å²) in [5, 5.41) is 21.4. The van der Waals surface area contributed by atoms with Gasteiger partial charge in [-0.25, -0.2) is 4.79 Å². The van der Waals surface area contributed by atoms with Crippen LogP contribution in [0.2, 0.25) is 0 Å². The first-order valence-corrected chi connectivity index (χ1v) is 15.9. The van der Waals surface area contributed by atoms with Crippen molar-refractivity contribution in [3.8, 4) is 5.75 Å². The van der Waals surface area contributed by atoms with Gasteiger partial charge in [-0.05, 0) is 109 Å². The average Bonchev–Trinajstić information content (AvgIpc) is 3.21. The van der Waals surface area contributed by atoms with E-state index in [1.165, 1.54) is 30.4 Å². The summed E-state index contributed by atoms with van der Waals surface area (Å²) >= 11 is 0. The zero-order chi connectivity index (χ0) is 27.6. The minimum Gasteiger partial charge on any atom is -0.482 e. The van der Waals surface area contributed by atoms with Gasteiger partial charge >= 0.3 is 5.97 Å². The van der Waals surface area contributed by atoms with Crippen molar-refractivity contribution in [1.82, 2.24) is 0 Å². The van der Waals surface area contributed by atoms with E-state index in [4.69, 9.17) is 9.47 Å². The monoisotopic (exact) mass is 538 g/mol. The second kappa shape index (κ2) is 10.0. The molecule has 5 nitrogen and oxygen atoms in total. The van der Waals surface area contributed by atoms with E-state index in [1.807, 2.05) is 12.1 Å². The second-order valence-corrected chi connectivity index (χ2v) is 14.7. The summed E-state index contributed by atoms with van der Waals surface area (Å²) in [6.07, 6.45) is 11.5. The Hall–Kier alpha value is -1.59. The molecule has 1 aromatic carbocycles. The quantitative estimate of drug-likeness (QED) is 0.257. The van der Waals surface area contributed by atoms with E-state index in [9.17, 15) is 15.0 Å². The molecule has 216 valence electrons. The van der Waals surface area contributed by atoms with Crippen LogP contribution in [0.3, 0.4) is 0 Å². The first kappa shape index (κ1) is 27.6. The molecule has 10 atom stereocenters. The predicted molar refractivity (Wildman–Crippen MR) is 151 cm³/mol. The summed E-state index contributed by atoms with van der Waals surface area (Å²) in [6.45, 7) is 9.29. The first-order chi connectivity index (χ1) is 18.6. The van der Waals surface area contributed by atoms with Gasteiger partial charge in [-0.3, -0.25) is 0 Å². The maximum Gasteiger partial charge on any atom is 0.344 e. The smallest absolute Gasteiger partial charge is 0.344 e. The van der Waals surface area contributed by atoms with E-state index in [1.54, 1.807) is 0 Å². The molecule has 0 heterocycles. The highest BCUT2D eigenvalue weighted by Crippen LogP contribution is 2.86. The van der Waals surface area contributed by atoms with Crippen LogP contribution in [0.1, 0.15) is 103 Å². The van der Waals surface area contributed by atoms with Crippen molar-refractivity contribution in [2.75, 3.05) is 6.61 Å². The van der Waals surface area contributed by atoms with Gasteiger partial charge in [-0.1, -0.05) is 59.1 Å². The molecule has 4 fully saturated rings. The number of carbonyl (C=O) groups is 1. The minimum absolute atomic E-state index is 0.00620. The lowest BCUT2D eigenvalue weighted by molar-refractivity contribution is -0.288. The van der Waals surface area contributed by atoms with Crippen molar-refractivity contribution in [3.63, 3.8) is 0 Å². The molecule has 0 radical (unpaired) electrons. The largest absolute Gasteiger partial charge is 0.482 e. The maximum absolute atomic E-state index is 12.9. The number of rotatable bonds is 11. The van der Waals surface area contributed by atoms with Gasteiger partial charge in [0.15, 0.2) is 6.61 Å². The molecule has 5 aliphatic rings. The van der Waals surface area contributed by atoms with Crippen molar-refractivity contribution in [3.05, 3.63) is 29.3 Å². The summed E-state index contributed by atoms with van der Waals surface area (Å²) in [5.74, 6) is 2.36. The number of aliphatic hydroxyl groups excluding tert-OH is 2. The highest BCUT2D eigenvalue weighted by molar-refractivity contribution is 5.71. The van der Waals surface area contributed by atoms with Crippen LogP contribution >= 0.6 is 0 Å². The number of carbonyl (C=O) groups excluding carboxylic acids is 1. The van der Waals surface area contributed by atoms with Crippen LogP contribution in [0.5, 0.6) is 5.75 Å². The first-order valence-electron chi connectivity index (χ1n) is 15.9. The Balaban J connectivity index is 1.04. The van der Waals surface area contributed by atoms with Crippen LogP contribution in [0.4, 0.5) is 0 Å². The van der Waals surface area contributed by atoms with E-state index >= 15 is 0 Å². The molecule has 0 bridgehead atoms. The summed E-state index contributed by atoms with van der Waals surface area (Å²) in [5.41, 5.74) is 3.34. The topological polar surface area (TPSA) is 76.0 Å². The van der Waals surface area contributed by atoms with Crippen molar-refractivity contribution in [1.29, 1.82) is 0 Å². The van der Waals surface area contributed by atoms with E-state index in [-0.39, 0.29) is 42.2 Å². The number of aliphatic hydroxyl groups is 2. The van der Waals surface area contributed by atoms with Crippen molar-refractivity contribution >= 4 is 5.97 Å². The average molecular weight is 539 g/mol. The third kappa shape index (κ3) is 4.28. The highest BCUT2D eigenvalue weighted by atomic mass is 16.6. The Morgan fingerprint density at radius 2 is 1.95 bits per heavy atom. The van der Waals surface area contributed by atoms with E-state index in [0.717, 1.165) is 63.5 Å². The SMILES string of the molecule is CCCCC[C@H](O)CCC1[C@H](O)C[C@@H]2Cc3c(cccc3OCC(=O)O[C@@H]3CC4CC5(C)C[C@]3(C)C45C)C[C@H]12. The van der Waals surface area contributed by atoms with Crippen LogP contribution in [-0.4, -0.2) is 41.1 Å². The Kier molecular flexibility index (Phi) is 7.10. The normalized spacial score (nSPS) is 42.0. The molecule has 0 saturated heterocycles. The number of hydrogen-bond donors (Lipinski definition) is 2. The van der Waals surface area contributed by atoms with Gasteiger partial charge < -0.3 is 19.7 Å². The Morgan fingerprint density at radius 3 is 2.69 bits per heavy atom. The van der Waals surface area contributed by atoms with Gasteiger partial charge in [-0.2, -0.15) is 0 Å². The Bertz CT molecular complexity index is 1090. The summed E-state index contributed by atoms with van der Waals surface area (Å²) < 4.78 is 12.2. The lowest BCUT2D eigenvalue weighted by Gasteiger charge is -2.75. The molecule has 1 aromatic rings. The van der Waals surface area contributed by atoms with Crippen molar-refractivity contribution in [2.24, 2.45) is 39.9 Å². The number of unbranched alkanes of at least 4 members (excludes halogenated alkanes) is 2. The lowest BCUT2D eigenvalue weighted by atomic mass is 9.28. The molecule has 2 N–H and O–H groups in total. The molecule has 5 heteroatoms. The van der Waals surface area contributed by atoms with Crippen LogP contribution in [0.25, 0.3) is 0 Å². The van der Waals surface area contributed by atoms with E-state index in [0.29, 0.717) is 28.6 Å². The Morgan fingerprint density at radius 1 is 1.13 bits per heavy atom. The van der Waals surface area contributed by atoms with Gasteiger partial charge in [-0.15, -0.1) is 0 Å². The number of esters is 1. The third-order valence-corrected chi connectivity index (χ3v) is 12.9. The van der Waals surface area contributed by atoms with Gasteiger partial charge in [0, 0.05) is 5.41 Å². The predicted octanol–water partition coefficient (Wildman–Crippen LogP) is 6.26. The standard InChI is InChI=1S/C34H50O5/c1-5-6-7-10-24(35)12-13-25-26-14-21-9-8-11-29(27(21)15-22(26)16-28(25)36)38-19-31(37)39-30-17-23-18-32(2)20-33(30,3)34(23,32)4/h8-9,11,22-26,28,30,35-36H,5-7,10,12-20H2,1-4H3/t22-,23?,24-,25?,26-,28+,30+,32?,33-,34?/m0/s1. The molecule has 0 aliphatic heterocycles. The zero-order valence-electron chi connectivity index (χ0n) is 24.6. The molecule has 4 unspecified atom stereocenters. The van der Waals surface area contributed by atoms with Crippen molar-refractivity contribution < 1.29 is 24.5 Å². The Labute approximate surface area is 235 Å². The van der Waals surface area contributed by atoms with Crippen LogP contribution in [0.15, 0.2) is 18.2 Å². The maximum atomic E-state index is 12.9. The molecule has 6 rings (SSSR count). The minimum atomic E-state index is -0.296. The third-order valence-electron chi connectivity index (χ3n) is 12.9. The number of hydrogen-bond acceptors (Lipinski definition) is 5.